The number of hydrogen-bond donors (Lipinski definition) is 0. The molecule has 0 aliphatic carbocycles. The van der Waals surface area contributed by atoms with Gasteiger partial charge in [0.25, 0.3) is 0 Å². The predicted octanol–water partition coefficient (Wildman–Crippen LogP) is 3.49. The zero-order valence-electron chi connectivity index (χ0n) is 12.5. The number of methoxy groups -OCH3 is 1. The van der Waals surface area contributed by atoms with Crippen LogP contribution in [0.1, 0.15) is 0 Å². The molecule has 0 aliphatic heterocycles. The van der Waals surface area contributed by atoms with Crippen LogP contribution in [0.25, 0.3) is 28.4 Å². The molecule has 3 aromatic heterocycles. The van der Waals surface area contributed by atoms with E-state index in [1.165, 1.54) is 0 Å². The monoisotopic (exact) mass is 302 g/mol. The molecule has 0 saturated carbocycles. The SMILES string of the molecule is COc1ccc(-n2c(-c3ccccn3)nc3cccnc32)cc1. The molecule has 0 amide bonds. The van der Waals surface area contributed by atoms with E-state index in [1.54, 1.807) is 19.5 Å². The first-order valence-corrected chi connectivity index (χ1v) is 7.26. The molecule has 4 rings (SSSR count). The summed E-state index contributed by atoms with van der Waals surface area (Å²) < 4.78 is 7.25. The summed E-state index contributed by atoms with van der Waals surface area (Å²) >= 11 is 0. The Hall–Kier alpha value is -3.21. The summed E-state index contributed by atoms with van der Waals surface area (Å²) in [5.74, 6) is 1.58. The van der Waals surface area contributed by atoms with Gasteiger partial charge >= 0.3 is 0 Å². The third kappa shape index (κ3) is 2.32. The van der Waals surface area contributed by atoms with Crippen LogP contribution in [0, 0.1) is 0 Å². The average molecular weight is 302 g/mol. The zero-order chi connectivity index (χ0) is 15.6. The highest BCUT2D eigenvalue weighted by molar-refractivity contribution is 5.79. The molecule has 23 heavy (non-hydrogen) atoms. The molecule has 0 aliphatic rings. The van der Waals surface area contributed by atoms with Crippen molar-refractivity contribution in [2.75, 3.05) is 7.11 Å². The second-order valence-electron chi connectivity index (χ2n) is 5.03. The maximum absolute atomic E-state index is 5.24. The smallest absolute Gasteiger partial charge is 0.165 e. The summed E-state index contributed by atoms with van der Waals surface area (Å²) in [5, 5.41) is 0. The Morgan fingerprint density at radius 2 is 1.70 bits per heavy atom. The van der Waals surface area contributed by atoms with Crippen LogP contribution in [-0.4, -0.2) is 26.6 Å². The number of fused-ring (bicyclic) bond motifs is 1. The highest BCUT2D eigenvalue weighted by atomic mass is 16.5. The second kappa shape index (κ2) is 5.53. The van der Waals surface area contributed by atoms with Crippen LogP contribution in [0.4, 0.5) is 0 Å². The Kier molecular flexibility index (Phi) is 3.24. The van der Waals surface area contributed by atoms with Gasteiger partial charge in [0, 0.05) is 18.1 Å². The molecule has 3 heterocycles. The number of rotatable bonds is 3. The Labute approximate surface area is 133 Å². The van der Waals surface area contributed by atoms with Gasteiger partial charge in [0.05, 0.1) is 7.11 Å². The molecule has 0 N–H and O–H groups in total. The van der Waals surface area contributed by atoms with E-state index in [4.69, 9.17) is 9.72 Å². The summed E-state index contributed by atoms with van der Waals surface area (Å²) in [5.41, 5.74) is 3.41. The van der Waals surface area contributed by atoms with Crippen LogP contribution in [0.3, 0.4) is 0 Å². The molecule has 1 aromatic carbocycles. The minimum atomic E-state index is 0.768. The third-order valence-electron chi connectivity index (χ3n) is 3.64. The Morgan fingerprint density at radius 1 is 0.870 bits per heavy atom. The maximum atomic E-state index is 5.24. The predicted molar refractivity (Wildman–Crippen MR) is 88.6 cm³/mol. The molecular weight excluding hydrogens is 288 g/mol. The van der Waals surface area contributed by atoms with Crippen LogP contribution >= 0.6 is 0 Å². The van der Waals surface area contributed by atoms with Crippen molar-refractivity contribution in [1.29, 1.82) is 0 Å². The van der Waals surface area contributed by atoms with Crippen molar-refractivity contribution in [3.05, 3.63) is 67.0 Å². The number of benzene rings is 1. The molecule has 0 unspecified atom stereocenters. The van der Waals surface area contributed by atoms with E-state index < -0.39 is 0 Å². The molecule has 5 nitrogen and oxygen atoms in total. The van der Waals surface area contributed by atoms with Crippen LogP contribution in [0.15, 0.2) is 67.0 Å². The van der Waals surface area contributed by atoms with Crippen LogP contribution in [0.5, 0.6) is 5.75 Å². The lowest BCUT2D eigenvalue weighted by atomic mass is 10.2. The number of hydrogen-bond acceptors (Lipinski definition) is 4. The summed E-state index contributed by atoms with van der Waals surface area (Å²) in [7, 11) is 1.66. The van der Waals surface area contributed by atoms with E-state index in [2.05, 4.69) is 9.97 Å². The van der Waals surface area contributed by atoms with Gasteiger partial charge in [-0.25, -0.2) is 9.97 Å². The summed E-state index contributed by atoms with van der Waals surface area (Å²) in [6.07, 6.45) is 3.53. The average Bonchev–Trinajstić information content (AvgIpc) is 3.02. The van der Waals surface area contributed by atoms with Crippen molar-refractivity contribution in [1.82, 2.24) is 19.5 Å². The van der Waals surface area contributed by atoms with Crippen LogP contribution in [0.2, 0.25) is 0 Å². The zero-order valence-corrected chi connectivity index (χ0v) is 12.5. The fraction of sp³-hybridized carbons (Fsp3) is 0.0556. The van der Waals surface area contributed by atoms with E-state index in [0.29, 0.717) is 0 Å². The quantitative estimate of drug-likeness (QED) is 0.581. The summed E-state index contributed by atoms with van der Waals surface area (Å²) in [6, 6.07) is 17.4. The molecule has 0 saturated heterocycles. The van der Waals surface area contributed by atoms with E-state index in [9.17, 15) is 0 Å². The number of pyridine rings is 2. The molecular formula is C18H14N4O. The fourth-order valence-corrected chi connectivity index (χ4v) is 2.56. The van der Waals surface area contributed by atoms with E-state index in [0.717, 1.165) is 34.1 Å². The number of imidazole rings is 1. The first-order valence-electron chi connectivity index (χ1n) is 7.26. The summed E-state index contributed by atoms with van der Waals surface area (Å²) in [4.78, 5) is 13.6. The van der Waals surface area contributed by atoms with Gasteiger partial charge in [-0.15, -0.1) is 0 Å². The van der Waals surface area contributed by atoms with Crippen molar-refractivity contribution in [3.8, 4) is 23.0 Å². The minimum absolute atomic E-state index is 0.768. The first kappa shape index (κ1) is 13.5. The lowest BCUT2D eigenvalue weighted by Crippen LogP contribution is -1.99. The Bertz CT molecular complexity index is 946. The van der Waals surface area contributed by atoms with Gasteiger partial charge in [-0.2, -0.15) is 0 Å². The van der Waals surface area contributed by atoms with Gasteiger partial charge in [0.1, 0.15) is 17.0 Å². The maximum Gasteiger partial charge on any atom is 0.165 e. The molecule has 0 bridgehead atoms. The molecule has 5 heteroatoms. The molecule has 0 atom stereocenters. The van der Waals surface area contributed by atoms with Crippen LogP contribution < -0.4 is 4.74 Å². The molecule has 0 spiro atoms. The normalized spacial score (nSPS) is 10.8. The number of nitrogens with zero attached hydrogens (tertiary/aromatic N) is 4. The third-order valence-corrected chi connectivity index (χ3v) is 3.64. The number of ether oxygens (including phenoxy) is 1. The van der Waals surface area contributed by atoms with Gasteiger partial charge in [0.2, 0.25) is 0 Å². The minimum Gasteiger partial charge on any atom is -0.497 e. The Morgan fingerprint density at radius 3 is 2.43 bits per heavy atom. The standard InChI is InChI=1S/C18H14N4O/c1-23-14-9-7-13(8-10-14)22-17-16(6-4-12-20-17)21-18(22)15-5-2-3-11-19-15/h2-12H,1H3. The lowest BCUT2D eigenvalue weighted by Gasteiger charge is -2.09. The summed E-state index contributed by atoms with van der Waals surface area (Å²) in [6.45, 7) is 0. The molecule has 112 valence electrons. The molecule has 4 aromatic rings. The van der Waals surface area contributed by atoms with Gasteiger partial charge in [-0.05, 0) is 48.5 Å². The van der Waals surface area contributed by atoms with Gasteiger partial charge < -0.3 is 4.74 Å². The van der Waals surface area contributed by atoms with Crippen molar-refractivity contribution < 1.29 is 4.74 Å². The highest BCUT2D eigenvalue weighted by Gasteiger charge is 2.15. The molecule has 0 fully saturated rings. The van der Waals surface area contributed by atoms with Gasteiger partial charge in [0.15, 0.2) is 11.5 Å². The van der Waals surface area contributed by atoms with Gasteiger partial charge in [-0.1, -0.05) is 6.07 Å². The highest BCUT2D eigenvalue weighted by Crippen LogP contribution is 2.27. The van der Waals surface area contributed by atoms with Gasteiger partial charge in [-0.3, -0.25) is 9.55 Å². The van der Waals surface area contributed by atoms with E-state index in [-0.39, 0.29) is 0 Å². The largest absolute Gasteiger partial charge is 0.497 e. The fourth-order valence-electron chi connectivity index (χ4n) is 2.56. The Balaban J connectivity index is 1.99. The topological polar surface area (TPSA) is 52.8 Å². The van der Waals surface area contributed by atoms with E-state index in [1.807, 2.05) is 59.2 Å². The second-order valence-corrected chi connectivity index (χ2v) is 5.03. The first-order chi connectivity index (χ1) is 11.4. The lowest BCUT2D eigenvalue weighted by molar-refractivity contribution is 0.415. The number of aromatic nitrogens is 4. The van der Waals surface area contributed by atoms with E-state index >= 15 is 0 Å². The molecule has 0 radical (unpaired) electrons. The van der Waals surface area contributed by atoms with Crippen molar-refractivity contribution in [2.24, 2.45) is 0 Å². The van der Waals surface area contributed by atoms with Crippen LogP contribution in [-0.2, 0) is 0 Å². The van der Waals surface area contributed by atoms with Crippen molar-refractivity contribution in [2.45, 2.75) is 0 Å². The van der Waals surface area contributed by atoms with Crippen molar-refractivity contribution in [3.63, 3.8) is 0 Å². The van der Waals surface area contributed by atoms with Crippen molar-refractivity contribution >= 4 is 11.2 Å².